The highest BCUT2D eigenvalue weighted by molar-refractivity contribution is 5.94. The van der Waals surface area contributed by atoms with Gasteiger partial charge < -0.3 is 14.8 Å². The molecule has 0 aromatic heterocycles. The lowest BCUT2D eigenvalue weighted by atomic mass is 9.96. The van der Waals surface area contributed by atoms with Crippen molar-refractivity contribution >= 4 is 17.6 Å². The Labute approximate surface area is 134 Å². The summed E-state index contributed by atoms with van der Waals surface area (Å²) in [6.45, 7) is 0.364. The van der Waals surface area contributed by atoms with Crippen LogP contribution in [0.25, 0.3) is 0 Å². The fraction of sp³-hybridized carbons (Fsp3) is 0.222. The molecule has 0 aliphatic carbocycles. The summed E-state index contributed by atoms with van der Waals surface area (Å²) in [7, 11) is 1.33. The third kappa shape index (κ3) is 3.34. The number of amides is 1. The molecule has 2 aromatic rings. The molecule has 3 rings (SSSR count). The highest BCUT2D eigenvalue weighted by atomic mass is 16.5. The average molecular weight is 311 g/mol. The van der Waals surface area contributed by atoms with Crippen molar-refractivity contribution < 1.29 is 19.1 Å². The molecule has 1 amide bonds. The predicted molar refractivity (Wildman–Crippen MR) is 85.5 cm³/mol. The normalized spacial score (nSPS) is 16.0. The molecule has 0 radical (unpaired) electrons. The number of methoxy groups -OCH3 is 1. The third-order valence-corrected chi connectivity index (χ3v) is 3.82. The molecule has 1 atom stereocenters. The van der Waals surface area contributed by atoms with E-state index in [4.69, 9.17) is 4.74 Å². The lowest BCUT2D eigenvalue weighted by Gasteiger charge is -2.24. The Balaban J connectivity index is 1.65. The first-order valence-corrected chi connectivity index (χ1v) is 7.37. The van der Waals surface area contributed by atoms with Crippen LogP contribution < -0.4 is 10.1 Å². The van der Waals surface area contributed by atoms with Gasteiger partial charge in [0.15, 0.2) is 0 Å². The lowest BCUT2D eigenvalue weighted by Crippen LogP contribution is -2.32. The molecular formula is C18H17NO4. The van der Waals surface area contributed by atoms with Crippen LogP contribution in [0.4, 0.5) is 5.69 Å². The molecule has 5 heteroatoms. The van der Waals surface area contributed by atoms with E-state index in [1.54, 1.807) is 24.3 Å². The zero-order valence-electron chi connectivity index (χ0n) is 12.7. The standard InChI is InChI=1S/C18H17NO4/c1-22-18(21)12-6-8-15(9-7-12)19-17(20)14-10-13-4-2-3-5-16(13)23-11-14/h2-9,14H,10-11H2,1H3,(H,19,20)/t14-/m0/s1. The van der Waals surface area contributed by atoms with Crippen molar-refractivity contribution in [3.8, 4) is 5.75 Å². The van der Waals surface area contributed by atoms with Crippen LogP contribution in [-0.2, 0) is 16.0 Å². The first kappa shape index (κ1) is 15.1. The molecule has 23 heavy (non-hydrogen) atoms. The van der Waals surface area contributed by atoms with Gasteiger partial charge in [-0.2, -0.15) is 0 Å². The number of nitrogens with one attached hydrogen (secondary N) is 1. The minimum absolute atomic E-state index is 0.0923. The minimum atomic E-state index is -0.403. The maximum Gasteiger partial charge on any atom is 0.337 e. The van der Waals surface area contributed by atoms with Gasteiger partial charge in [0.1, 0.15) is 12.4 Å². The van der Waals surface area contributed by atoms with E-state index in [1.165, 1.54) is 7.11 Å². The molecule has 0 saturated heterocycles. The maximum atomic E-state index is 12.4. The van der Waals surface area contributed by atoms with Gasteiger partial charge in [0.2, 0.25) is 5.91 Å². The predicted octanol–water partition coefficient (Wildman–Crippen LogP) is 2.66. The Kier molecular flexibility index (Phi) is 4.28. The van der Waals surface area contributed by atoms with E-state index in [-0.39, 0.29) is 11.8 Å². The number of carbonyl (C=O) groups is 2. The Morgan fingerprint density at radius 2 is 1.87 bits per heavy atom. The SMILES string of the molecule is COC(=O)c1ccc(NC(=O)[C@@H]2COc3ccccc3C2)cc1. The van der Waals surface area contributed by atoms with E-state index in [9.17, 15) is 9.59 Å². The van der Waals surface area contributed by atoms with Crippen LogP contribution >= 0.6 is 0 Å². The number of hydrogen-bond donors (Lipinski definition) is 1. The number of para-hydroxylation sites is 1. The van der Waals surface area contributed by atoms with E-state index in [2.05, 4.69) is 10.1 Å². The summed E-state index contributed by atoms with van der Waals surface area (Å²) in [5.74, 6) is 0.120. The van der Waals surface area contributed by atoms with E-state index >= 15 is 0 Å². The van der Waals surface area contributed by atoms with Gasteiger partial charge in [0, 0.05) is 5.69 Å². The molecule has 1 heterocycles. The molecule has 1 N–H and O–H groups in total. The van der Waals surface area contributed by atoms with Crippen LogP contribution in [-0.4, -0.2) is 25.6 Å². The van der Waals surface area contributed by atoms with Crippen molar-refractivity contribution in [2.24, 2.45) is 5.92 Å². The smallest absolute Gasteiger partial charge is 0.337 e. The number of esters is 1. The summed E-state index contributed by atoms with van der Waals surface area (Å²) in [5.41, 5.74) is 2.13. The number of ether oxygens (including phenoxy) is 2. The molecule has 0 spiro atoms. The molecule has 118 valence electrons. The summed E-state index contributed by atoms with van der Waals surface area (Å²) >= 11 is 0. The van der Waals surface area contributed by atoms with Crippen molar-refractivity contribution in [3.63, 3.8) is 0 Å². The van der Waals surface area contributed by atoms with Gasteiger partial charge in [-0.15, -0.1) is 0 Å². The zero-order valence-corrected chi connectivity index (χ0v) is 12.7. The molecule has 5 nitrogen and oxygen atoms in total. The second kappa shape index (κ2) is 6.52. The van der Waals surface area contributed by atoms with Crippen LogP contribution in [0, 0.1) is 5.92 Å². The van der Waals surface area contributed by atoms with E-state index in [0.717, 1.165) is 11.3 Å². The number of benzene rings is 2. The number of anilines is 1. The summed E-state index contributed by atoms with van der Waals surface area (Å²) in [4.78, 5) is 23.8. The number of carbonyl (C=O) groups excluding carboxylic acids is 2. The van der Waals surface area contributed by atoms with Gasteiger partial charge in [-0.25, -0.2) is 4.79 Å². The highest BCUT2D eigenvalue weighted by Crippen LogP contribution is 2.27. The Morgan fingerprint density at radius 3 is 2.61 bits per heavy atom. The van der Waals surface area contributed by atoms with E-state index < -0.39 is 5.97 Å². The van der Waals surface area contributed by atoms with Gasteiger partial charge in [-0.1, -0.05) is 18.2 Å². The third-order valence-electron chi connectivity index (χ3n) is 3.82. The van der Waals surface area contributed by atoms with Crippen LogP contribution in [0.15, 0.2) is 48.5 Å². The lowest BCUT2D eigenvalue weighted by molar-refractivity contribution is -0.121. The molecule has 0 fully saturated rings. The average Bonchev–Trinajstić information content (AvgIpc) is 2.61. The fourth-order valence-electron chi connectivity index (χ4n) is 2.55. The van der Waals surface area contributed by atoms with Gasteiger partial charge >= 0.3 is 5.97 Å². The second-order valence-corrected chi connectivity index (χ2v) is 5.38. The largest absolute Gasteiger partial charge is 0.492 e. The van der Waals surface area contributed by atoms with Gasteiger partial charge in [0.25, 0.3) is 0 Å². The van der Waals surface area contributed by atoms with Crippen LogP contribution in [0.2, 0.25) is 0 Å². The summed E-state index contributed by atoms with van der Waals surface area (Å²) in [5, 5.41) is 2.86. The summed E-state index contributed by atoms with van der Waals surface area (Å²) < 4.78 is 10.3. The first-order valence-electron chi connectivity index (χ1n) is 7.37. The molecule has 1 aliphatic heterocycles. The van der Waals surface area contributed by atoms with Gasteiger partial charge in [-0.05, 0) is 42.3 Å². The molecule has 2 aromatic carbocycles. The van der Waals surface area contributed by atoms with Crippen LogP contribution in [0.5, 0.6) is 5.75 Å². The number of rotatable bonds is 3. The Bertz CT molecular complexity index is 724. The van der Waals surface area contributed by atoms with E-state index in [0.29, 0.717) is 24.3 Å². The van der Waals surface area contributed by atoms with E-state index in [1.807, 2.05) is 24.3 Å². The van der Waals surface area contributed by atoms with Gasteiger partial charge in [0.05, 0.1) is 18.6 Å². The zero-order chi connectivity index (χ0) is 16.2. The first-order chi connectivity index (χ1) is 11.2. The number of hydrogen-bond acceptors (Lipinski definition) is 4. The minimum Gasteiger partial charge on any atom is -0.492 e. The quantitative estimate of drug-likeness (QED) is 0.885. The highest BCUT2D eigenvalue weighted by Gasteiger charge is 2.25. The molecule has 0 saturated carbocycles. The summed E-state index contributed by atoms with van der Waals surface area (Å²) in [6, 6.07) is 14.3. The fourth-order valence-corrected chi connectivity index (χ4v) is 2.55. The van der Waals surface area contributed by atoms with Crippen molar-refractivity contribution in [2.75, 3.05) is 19.0 Å². The summed E-state index contributed by atoms with van der Waals surface area (Å²) in [6.07, 6.45) is 0.655. The molecule has 1 aliphatic rings. The van der Waals surface area contributed by atoms with Gasteiger partial charge in [-0.3, -0.25) is 4.79 Å². The second-order valence-electron chi connectivity index (χ2n) is 5.38. The monoisotopic (exact) mass is 311 g/mol. The Morgan fingerprint density at radius 1 is 1.13 bits per heavy atom. The Hall–Kier alpha value is -2.82. The molecule has 0 bridgehead atoms. The topological polar surface area (TPSA) is 64.6 Å². The maximum absolute atomic E-state index is 12.4. The van der Waals surface area contributed by atoms with Crippen molar-refractivity contribution in [1.82, 2.24) is 0 Å². The van der Waals surface area contributed by atoms with Crippen molar-refractivity contribution in [3.05, 3.63) is 59.7 Å². The molecule has 0 unspecified atom stereocenters. The number of fused-ring (bicyclic) bond motifs is 1. The molecular weight excluding hydrogens is 294 g/mol. The van der Waals surface area contributed by atoms with Crippen molar-refractivity contribution in [2.45, 2.75) is 6.42 Å². The van der Waals surface area contributed by atoms with Crippen molar-refractivity contribution in [1.29, 1.82) is 0 Å². The van der Waals surface area contributed by atoms with Crippen LogP contribution in [0.1, 0.15) is 15.9 Å². The van der Waals surface area contributed by atoms with Crippen LogP contribution in [0.3, 0.4) is 0 Å².